The van der Waals surface area contributed by atoms with Crippen LogP contribution in [0.1, 0.15) is 33.3 Å². The molecule has 0 spiro atoms. The van der Waals surface area contributed by atoms with Crippen molar-refractivity contribution in [3.05, 3.63) is 29.6 Å². The largest absolute Gasteiger partial charge is 0.494 e. The highest BCUT2D eigenvalue weighted by molar-refractivity contribution is 5.78. The van der Waals surface area contributed by atoms with Gasteiger partial charge in [-0.1, -0.05) is 6.07 Å². The van der Waals surface area contributed by atoms with Crippen molar-refractivity contribution in [3.8, 4) is 5.75 Å². The Kier molecular flexibility index (Phi) is 7.41. The first kappa shape index (κ1) is 20.6. The number of benzene rings is 1. The van der Waals surface area contributed by atoms with Crippen LogP contribution >= 0.6 is 0 Å². The molecule has 1 aliphatic rings. The van der Waals surface area contributed by atoms with Crippen molar-refractivity contribution in [2.45, 2.75) is 46.3 Å². The van der Waals surface area contributed by atoms with Gasteiger partial charge in [0.15, 0.2) is 11.6 Å². The van der Waals surface area contributed by atoms with E-state index in [1.165, 1.54) is 13.2 Å². The number of rotatable bonds is 7. The number of nitrogens with zero attached hydrogens (tertiary/aromatic N) is 3. The van der Waals surface area contributed by atoms with Gasteiger partial charge in [-0.3, -0.25) is 14.6 Å². The minimum absolute atomic E-state index is 0.195. The molecule has 1 saturated heterocycles. The van der Waals surface area contributed by atoms with Crippen LogP contribution in [0.3, 0.4) is 0 Å². The van der Waals surface area contributed by atoms with Gasteiger partial charge in [0, 0.05) is 44.8 Å². The van der Waals surface area contributed by atoms with Crippen LogP contribution in [0.5, 0.6) is 5.75 Å². The maximum atomic E-state index is 13.8. The Labute approximate surface area is 156 Å². The van der Waals surface area contributed by atoms with E-state index in [-0.39, 0.29) is 29.6 Å². The number of hydrogen-bond acceptors (Lipinski definition) is 4. The number of piperazine rings is 1. The summed E-state index contributed by atoms with van der Waals surface area (Å²) in [5.74, 6) is 0.148. The third-order valence-electron chi connectivity index (χ3n) is 4.85. The highest BCUT2D eigenvalue weighted by atomic mass is 19.1. The van der Waals surface area contributed by atoms with Gasteiger partial charge in [0.25, 0.3) is 0 Å². The SMILES string of the molecule is COc1ccc(CN2CCN(CC(=O)N(C(C)C)C(C)C)CC2)cc1F. The fourth-order valence-electron chi connectivity index (χ4n) is 3.62. The van der Waals surface area contributed by atoms with Gasteiger partial charge in [-0.25, -0.2) is 4.39 Å². The number of ether oxygens (including phenoxy) is 1. The molecule has 1 heterocycles. The van der Waals surface area contributed by atoms with Crippen LogP contribution in [-0.4, -0.2) is 72.5 Å². The Hall–Kier alpha value is -1.66. The molecule has 0 bridgehead atoms. The fraction of sp³-hybridized carbons (Fsp3) is 0.650. The molecule has 0 unspecified atom stereocenters. The molecule has 0 atom stereocenters. The number of halogens is 1. The summed E-state index contributed by atoms with van der Waals surface area (Å²) in [6, 6.07) is 5.55. The first-order chi connectivity index (χ1) is 12.3. The summed E-state index contributed by atoms with van der Waals surface area (Å²) >= 11 is 0. The molecule has 1 aromatic carbocycles. The third-order valence-corrected chi connectivity index (χ3v) is 4.85. The second-order valence-corrected chi connectivity index (χ2v) is 7.51. The standard InChI is InChI=1S/C20H32FN3O2/c1-15(2)24(16(3)4)20(25)14-23-10-8-22(9-11-23)13-17-6-7-19(26-5)18(21)12-17/h6-7,12,15-16H,8-11,13-14H2,1-5H3. The molecule has 1 aliphatic heterocycles. The van der Waals surface area contributed by atoms with Crippen molar-refractivity contribution in [2.75, 3.05) is 39.8 Å². The summed E-state index contributed by atoms with van der Waals surface area (Å²) < 4.78 is 18.8. The van der Waals surface area contributed by atoms with Crippen molar-refractivity contribution >= 4 is 5.91 Å². The van der Waals surface area contributed by atoms with Crippen LogP contribution in [0.2, 0.25) is 0 Å². The van der Waals surface area contributed by atoms with Gasteiger partial charge < -0.3 is 9.64 Å². The number of methoxy groups -OCH3 is 1. The maximum Gasteiger partial charge on any atom is 0.237 e. The molecule has 2 rings (SSSR count). The normalized spacial score (nSPS) is 16.3. The predicted octanol–water partition coefficient (Wildman–Crippen LogP) is 2.60. The topological polar surface area (TPSA) is 36.0 Å². The summed E-state index contributed by atoms with van der Waals surface area (Å²) in [7, 11) is 1.47. The zero-order valence-electron chi connectivity index (χ0n) is 16.7. The smallest absolute Gasteiger partial charge is 0.237 e. The van der Waals surface area contributed by atoms with Crippen LogP contribution in [-0.2, 0) is 11.3 Å². The summed E-state index contributed by atoms with van der Waals surface area (Å²) in [6.07, 6.45) is 0. The van der Waals surface area contributed by atoms with Crippen LogP contribution in [0.25, 0.3) is 0 Å². The van der Waals surface area contributed by atoms with E-state index in [0.717, 1.165) is 31.7 Å². The van der Waals surface area contributed by atoms with E-state index in [1.807, 2.05) is 11.0 Å². The minimum atomic E-state index is -0.323. The van der Waals surface area contributed by atoms with Gasteiger partial charge >= 0.3 is 0 Å². The third kappa shape index (κ3) is 5.42. The molecule has 0 aromatic heterocycles. The molecule has 146 valence electrons. The monoisotopic (exact) mass is 365 g/mol. The quantitative estimate of drug-likeness (QED) is 0.744. The highest BCUT2D eigenvalue weighted by Crippen LogP contribution is 2.19. The molecule has 1 amide bonds. The van der Waals surface area contributed by atoms with Gasteiger partial charge in [0.1, 0.15) is 0 Å². The van der Waals surface area contributed by atoms with Crippen LogP contribution in [0.15, 0.2) is 18.2 Å². The van der Waals surface area contributed by atoms with E-state index < -0.39 is 0 Å². The molecule has 5 nitrogen and oxygen atoms in total. The molecule has 0 N–H and O–H groups in total. The Morgan fingerprint density at radius 2 is 1.69 bits per heavy atom. The van der Waals surface area contributed by atoms with Gasteiger partial charge in [0.2, 0.25) is 5.91 Å². The lowest BCUT2D eigenvalue weighted by Crippen LogP contribution is -2.52. The zero-order chi connectivity index (χ0) is 19.3. The summed E-state index contributed by atoms with van der Waals surface area (Å²) in [5.41, 5.74) is 0.943. The average Bonchev–Trinajstić information content (AvgIpc) is 2.56. The lowest BCUT2D eigenvalue weighted by atomic mass is 10.1. The van der Waals surface area contributed by atoms with Gasteiger partial charge in [-0.05, 0) is 45.4 Å². The molecule has 0 saturated carbocycles. The average molecular weight is 365 g/mol. The van der Waals surface area contributed by atoms with Gasteiger partial charge in [-0.15, -0.1) is 0 Å². The maximum absolute atomic E-state index is 13.8. The second kappa shape index (κ2) is 9.33. The lowest BCUT2D eigenvalue weighted by molar-refractivity contribution is -0.136. The molecule has 0 radical (unpaired) electrons. The Morgan fingerprint density at radius 1 is 1.12 bits per heavy atom. The number of hydrogen-bond donors (Lipinski definition) is 0. The zero-order valence-corrected chi connectivity index (χ0v) is 16.7. The number of amides is 1. The molecule has 1 fully saturated rings. The molecular formula is C20H32FN3O2. The van der Waals surface area contributed by atoms with Crippen molar-refractivity contribution in [1.29, 1.82) is 0 Å². The first-order valence-electron chi connectivity index (χ1n) is 9.40. The Morgan fingerprint density at radius 3 is 2.19 bits per heavy atom. The minimum Gasteiger partial charge on any atom is -0.494 e. The first-order valence-corrected chi connectivity index (χ1v) is 9.40. The van der Waals surface area contributed by atoms with Gasteiger partial charge in [-0.2, -0.15) is 0 Å². The van der Waals surface area contributed by atoms with E-state index >= 15 is 0 Å². The number of carbonyl (C=O) groups excluding carboxylic acids is 1. The van der Waals surface area contributed by atoms with Crippen molar-refractivity contribution < 1.29 is 13.9 Å². The summed E-state index contributed by atoms with van der Waals surface area (Å²) in [4.78, 5) is 19.0. The van der Waals surface area contributed by atoms with Crippen LogP contribution < -0.4 is 4.74 Å². The van der Waals surface area contributed by atoms with Crippen molar-refractivity contribution in [1.82, 2.24) is 14.7 Å². The van der Waals surface area contributed by atoms with E-state index in [2.05, 4.69) is 37.5 Å². The molecular weight excluding hydrogens is 333 g/mol. The molecule has 1 aromatic rings. The Balaban J connectivity index is 1.83. The van der Waals surface area contributed by atoms with Crippen molar-refractivity contribution in [2.24, 2.45) is 0 Å². The van der Waals surface area contributed by atoms with Gasteiger partial charge in [0.05, 0.1) is 13.7 Å². The predicted molar refractivity (Wildman–Crippen MR) is 102 cm³/mol. The van der Waals surface area contributed by atoms with E-state index in [9.17, 15) is 9.18 Å². The fourth-order valence-corrected chi connectivity index (χ4v) is 3.62. The van der Waals surface area contributed by atoms with E-state index in [1.54, 1.807) is 6.07 Å². The summed E-state index contributed by atoms with van der Waals surface area (Å²) in [5, 5.41) is 0. The molecule has 26 heavy (non-hydrogen) atoms. The van der Waals surface area contributed by atoms with Crippen molar-refractivity contribution in [3.63, 3.8) is 0 Å². The second-order valence-electron chi connectivity index (χ2n) is 7.51. The van der Waals surface area contributed by atoms with Crippen LogP contribution in [0, 0.1) is 5.82 Å². The van der Waals surface area contributed by atoms with E-state index in [0.29, 0.717) is 13.1 Å². The molecule has 0 aliphatic carbocycles. The Bertz CT molecular complexity index is 591. The van der Waals surface area contributed by atoms with Crippen LogP contribution in [0.4, 0.5) is 4.39 Å². The summed E-state index contributed by atoms with van der Waals surface area (Å²) in [6.45, 7) is 12.9. The van der Waals surface area contributed by atoms with E-state index in [4.69, 9.17) is 4.74 Å². The number of carbonyl (C=O) groups is 1. The lowest BCUT2D eigenvalue weighted by Gasteiger charge is -2.37. The highest BCUT2D eigenvalue weighted by Gasteiger charge is 2.24. The molecule has 6 heteroatoms.